The zero-order valence-electron chi connectivity index (χ0n) is 21.4. The number of para-hydroxylation sites is 1. The maximum Gasteiger partial charge on any atom is 0.337 e. The van der Waals surface area contributed by atoms with Crippen molar-refractivity contribution >= 4 is 33.8 Å². The molecule has 0 saturated heterocycles. The van der Waals surface area contributed by atoms with E-state index in [1.54, 1.807) is 72.8 Å². The minimum absolute atomic E-state index is 0.0250. The highest BCUT2D eigenvalue weighted by Crippen LogP contribution is 2.29. The predicted octanol–water partition coefficient (Wildman–Crippen LogP) is 4.94. The third-order valence-electron chi connectivity index (χ3n) is 5.91. The van der Waals surface area contributed by atoms with E-state index in [2.05, 4.69) is 15.3 Å². The van der Waals surface area contributed by atoms with E-state index in [0.717, 1.165) is 11.1 Å². The number of hydrogen-bond acceptors (Lipinski definition) is 6. The molecule has 0 saturated carbocycles. The number of aryl methyl sites for hydroxylation is 1. The van der Waals surface area contributed by atoms with Crippen LogP contribution in [0.2, 0.25) is 0 Å². The molecule has 9 heteroatoms. The van der Waals surface area contributed by atoms with Gasteiger partial charge in [0, 0.05) is 0 Å². The Morgan fingerprint density at radius 1 is 0.872 bits per heavy atom. The molecule has 0 aliphatic carbocycles. The fraction of sp³-hybridized carbons (Fsp3) is 0.100. The highest BCUT2D eigenvalue weighted by atomic mass is 32.2. The van der Waals surface area contributed by atoms with Gasteiger partial charge in [-0.25, -0.2) is 18.6 Å². The number of sulfonamides is 1. The first kappa shape index (κ1) is 27.3. The quantitative estimate of drug-likeness (QED) is 0.184. The Morgan fingerprint density at radius 3 is 2.18 bits per heavy atom. The van der Waals surface area contributed by atoms with E-state index < -0.39 is 21.9 Å². The van der Waals surface area contributed by atoms with Crippen molar-refractivity contribution in [1.29, 1.82) is 0 Å². The Morgan fingerprint density at radius 2 is 1.51 bits per heavy atom. The van der Waals surface area contributed by atoms with E-state index in [1.165, 1.54) is 17.6 Å². The van der Waals surface area contributed by atoms with E-state index in [0.29, 0.717) is 11.1 Å². The van der Waals surface area contributed by atoms with Crippen molar-refractivity contribution < 1.29 is 22.7 Å². The predicted molar refractivity (Wildman–Crippen MR) is 150 cm³/mol. The molecule has 0 fully saturated rings. The van der Waals surface area contributed by atoms with Crippen LogP contribution in [0.4, 0.5) is 5.69 Å². The molecule has 1 amide bonds. The number of esters is 1. The lowest BCUT2D eigenvalue weighted by Crippen LogP contribution is -2.33. The van der Waals surface area contributed by atoms with Gasteiger partial charge < -0.3 is 4.74 Å². The van der Waals surface area contributed by atoms with E-state index in [1.807, 2.05) is 37.3 Å². The van der Waals surface area contributed by atoms with Crippen molar-refractivity contribution in [2.24, 2.45) is 5.10 Å². The minimum Gasteiger partial charge on any atom is -0.465 e. The number of anilines is 1. The lowest BCUT2D eigenvalue weighted by Gasteiger charge is -2.26. The fourth-order valence-electron chi connectivity index (χ4n) is 3.82. The first-order valence-corrected chi connectivity index (χ1v) is 13.5. The molecular formula is C30H27N3O5S. The monoisotopic (exact) mass is 541 g/mol. The van der Waals surface area contributed by atoms with Crippen molar-refractivity contribution in [3.8, 4) is 0 Å². The van der Waals surface area contributed by atoms with Gasteiger partial charge in [-0.05, 0) is 54.4 Å². The minimum atomic E-state index is -4.02. The van der Waals surface area contributed by atoms with E-state index in [9.17, 15) is 18.0 Å². The van der Waals surface area contributed by atoms with Crippen molar-refractivity contribution in [3.05, 3.63) is 131 Å². The first-order chi connectivity index (χ1) is 18.8. The third-order valence-corrected chi connectivity index (χ3v) is 7.68. The number of nitrogens with zero attached hydrogens (tertiary/aromatic N) is 2. The second-order valence-corrected chi connectivity index (χ2v) is 10.5. The summed E-state index contributed by atoms with van der Waals surface area (Å²) in [6, 6.07) is 28.7. The van der Waals surface area contributed by atoms with Gasteiger partial charge in [0.05, 0.1) is 41.6 Å². The number of hydrazone groups is 1. The molecule has 0 unspecified atom stereocenters. The Bertz CT molecular complexity index is 1580. The number of benzene rings is 4. The van der Waals surface area contributed by atoms with Gasteiger partial charge in [-0.1, -0.05) is 72.3 Å². The summed E-state index contributed by atoms with van der Waals surface area (Å²) in [5.41, 5.74) is 5.56. The maximum atomic E-state index is 13.9. The molecule has 4 aromatic carbocycles. The van der Waals surface area contributed by atoms with Crippen molar-refractivity contribution in [2.75, 3.05) is 11.4 Å². The average molecular weight is 542 g/mol. The summed E-state index contributed by atoms with van der Waals surface area (Å²) in [6.45, 7) is 1.91. The zero-order chi connectivity index (χ0) is 27.8. The molecule has 8 nitrogen and oxygen atoms in total. The third kappa shape index (κ3) is 6.58. The van der Waals surface area contributed by atoms with Crippen LogP contribution in [0, 0.1) is 6.92 Å². The highest BCUT2D eigenvalue weighted by molar-refractivity contribution is 7.92. The van der Waals surface area contributed by atoms with Crippen molar-refractivity contribution in [3.63, 3.8) is 0 Å². The van der Waals surface area contributed by atoms with Gasteiger partial charge >= 0.3 is 5.97 Å². The summed E-state index contributed by atoms with van der Waals surface area (Å²) in [7, 11) is -2.72. The van der Waals surface area contributed by atoms with Crippen molar-refractivity contribution in [2.45, 2.75) is 18.4 Å². The second-order valence-electron chi connectivity index (χ2n) is 8.64. The number of hydrogen-bond donors (Lipinski definition) is 1. The van der Waals surface area contributed by atoms with Crippen molar-refractivity contribution in [1.82, 2.24) is 5.43 Å². The van der Waals surface area contributed by atoms with E-state index in [-0.39, 0.29) is 22.7 Å². The summed E-state index contributed by atoms with van der Waals surface area (Å²) in [4.78, 5) is 24.9. The first-order valence-electron chi connectivity index (χ1n) is 12.0. The smallest absolute Gasteiger partial charge is 0.337 e. The van der Waals surface area contributed by atoms with E-state index >= 15 is 0 Å². The molecule has 0 spiro atoms. The number of ether oxygens (including phenoxy) is 1. The largest absolute Gasteiger partial charge is 0.465 e. The number of carbonyl (C=O) groups is 2. The van der Waals surface area contributed by atoms with Crippen LogP contribution < -0.4 is 9.73 Å². The number of amides is 1. The lowest BCUT2D eigenvalue weighted by molar-refractivity contribution is 0.0600. The molecule has 4 aromatic rings. The molecule has 0 aromatic heterocycles. The van der Waals surface area contributed by atoms with Crippen LogP contribution in [0.1, 0.15) is 37.4 Å². The molecule has 0 aliphatic rings. The molecule has 0 bridgehead atoms. The molecule has 0 heterocycles. The Kier molecular flexibility index (Phi) is 8.53. The number of nitrogens with one attached hydrogen (secondary N) is 1. The SMILES string of the molecule is COC(=O)c1ccc(/C=N\NC(=O)c2ccccc2N(Cc2ccccc2)S(=O)(=O)c2ccc(C)cc2)cc1. The van der Waals surface area contributed by atoms with Crippen LogP contribution in [-0.2, 0) is 21.3 Å². The summed E-state index contributed by atoms with van der Waals surface area (Å²) < 4.78 is 33.6. The van der Waals surface area contributed by atoms with Gasteiger partial charge in [-0.2, -0.15) is 5.10 Å². The standard InChI is InChI=1S/C30H27N3O5S/c1-22-12-18-26(19-13-22)39(36,37)33(21-24-8-4-3-5-9-24)28-11-7-6-10-27(28)29(34)32-31-20-23-14-16-25(17-15-23)30(35)38-2/h3-20H,21H2,1-2H3,(H,32,34)/b31-20-. The Balaban J connectivity index is 1.64. The van der Waals surface area contributed by atoms with Crippen LogP contribution in [-0.4, -0.2) is 33.6 Å². The van der Waals surface area contributed by atoms with Crippen LogP contribution >= 0.6 is 0 Å². The Labute approximate surface area is 227 Å². The number of carbonyl (C=O) groups excluding carboxylic acids is 2. The maximum absolute atomic E-state index is 13.9. The van der Waals surface area contributed by atoms with Gasteiger partial charge in [-0.15, -0.1) is 0 Å². The molecular weight excluding hydrogens is 514 g/mol. The van der Waals surface area contributed by atoms with Gasteiger partial charge in [0.1, 0.15) is 0 Å². The zero-order valence-corrected chi connectivity index (χ0v) is 22.3. The van der Waals surface area contributed by atoms with Crippen LogP contribution in [0.25, 0.3) is 0 Å². The molecule has 0 aliphatic heterocycles. The topological polar surface area (TPSA) is 105 Å². The molecule has 39 heavy (non-hydrogen) atoms. The average Bonchev–Trinajstić information content (AvgIpc) is 2.96. The highest BCUT2D eigenvalue weighted by Gasteiger charge is 2.28. The molecule has 1 N–H and O–H groups in total. The fourth-order valence-corrected chi connectivity index (χ4v) is 5.29. The normalized spacial score (nSPS) is 11.2. The van der Waals surface area contributed by atoms with E-state index in [4.69, 9.17) is 0 Å². The number of methoxy groups -OCH3 is 1. The van der Waals surface area contributed by atoms with Gasteiger partial charge in [0.25, 0.3) is 15.9 Å². The van der Waals surface area contributed by atoms with Crippen LogP contribution in [0.5, 0.6) is 0 Å². The summed E-state index contributed by atoms with van der Waals surface area (Å²) in [6.07, 6.45) is 1.42. The summed E-state index contributed by atoms with van der Waals surface area (Å²) in [5.74, 6) is -1.03. The van der Waals surface area contributed by atoms with Gasteiger partial charge in [-0.3, -0.25) is 9.10 Å². The van der Waals surface area contributed by atoms with Crippen LogP contribution in [0.15, 0.2) is 113 Å². The number of rotatable bonds is 9. The Hall–Kier alpha value is -4.76. The molecule has 198 valence electrons. The molecule has 4 rings (SSSR count). The summed E-state index contributed by atoms with van der Waals surface area (Å²) in [5, 5.41) is 4.02. The van der Waals surface area contributed by atoms with Crippen LogP contribution in [0.3, 0.4) is 0 Å². The van der Waals surface area contributed by atoms with Gasteiger partial charge in [0.15, 0.2) is 0 Å². The second kappa shape index (κ2) is 12.2. The summed E-state index contributed by atoms with van der Waals surface area (Å²) >= 11 is 0. The molecule has 0 atom stereocenters. The van der Waals surface area contributed by atoms with Gasteiger partial charge in [0.2, 0.25) is 0 Å². The lowest BCUT2D eigenvalue weighted by atomic mass is 10.1. The molecule has 0 radical (unpaired) electrons.